The maximum atomic E-state index is 12.4. The molecule has 0 aromatic carbocycles. The summed E-state index contributed by atoms with van der Waals surface area (Å²) in [6.07, 6.45) is -4.26. The van der Waals surface area contributed by atoms with Crippen LogP contribution in [0.4, 0.5) is 13.2 Å². The van der Waals surface area contributed by atoms with Crippen LogP contribution >= 0.6 is 0 Å². The third-order valence-corrected chi connectivity index (χ3v) is 1.52. The van der Waals surface area contributed by atoms with Crippen LogP contribution in [0.25, 0.3) is 0 Å². The van der Waals surface area contributed by atoms with E-state index < -0.39 is 17.5 Å². The Morgan fingerprint density at radius 2 is 2.00 bits per heavy atom. The normalized spacial score (nSPS) is 16.8. The summed E-state index contributed by atoms with van der Waals surface area (Å²) in [5.74, 6) is 4.61. The highest BCUT2D eigenvalue weighted by Gasteiger charge is 2.56. The SMILES string of the molecule is CN(C)/C=C(\C#N)[C@](O)(NN)C(F)(F)F. The van der Waals surface area contributed by atoms with Crippen LogP contribution in [0, 0.1) is 11.3 Å². The molecule has 0 radical (unpaired) electrons. The lowest BCUT2D eigenvalue weighted by atomic mass is 10.1. The van der Waals surface area contributed by atoms with Crippen molar-refractivity contribution in [2.24, 2.45) is 5.84 Å². The molecule has 5 nitrogen and oxygen atoms in total. The van der Waals surface area contributed by atoms with Crippen LogP contribution in [-0.4, -0.2) is 36.0 Å². The molecule has 86 valence electrons. The van der Waals surface area contributed by atoms with Crippen LogP contribution in [0.3, 0.4) is 0 Å². The molecule has 15 heavy (non-hydrogen) atoms. The summed E-state index contributed by atoms with van der Waals surface area (Å²) in [5, 5.41) is 17.7. The van der Waals surface area contributed by atoms with Crippen LogP contribution in [0.5, 0.6) is 0 Å². The van der Waals surface area contributed by atoms with Crippen molar-refractivity contribution >= 4 is 0 Å². The number of nitrogens with one attached hydrogen (secondary N) is 1. The molecule has 4 N–H and O–H groups in total. The zero-order valence-corrected chi connectivity index (χ0v) is 8.13. The predicted octanol–water partition coefficient (Wildman–Crippen LogP) is -0.330. The number of rotatable bonds is 3. The monoisotopic (exact) mass is 224 g/mol. The van der Waals surface area contributed by atoms with E-state index in [0.717, 1.165) is 6.20 Å². The van der Waals surface area contributed by atoms with Gasteiger partial charge in [0.1, 0.15) is 11.6 Å². The van der Waals surface area contributed by atoms with Crippen molar-refractivity contribution in [3.05, 3.63) is 11.8 Å². The maximum absolute atomic E-state index is 12.4. The maximum Gasteiger partial charge on any atom is 0.437 e. The van der Waals surface area contributed by atoms with E-state index in [1.54, 1.807) is 0 Å². The second kappa shape index (κ2) is 4.48. The number of nitriles is 1. The molecule has 0 aliphatic heterocycles. The molecule has 0 aromatic heterocycles. The van der Waals surface area contributed by atoms with Crippen molar-refractivity contribution < 1.29 is 18.3 Å². The first-order chi connectivity index (χ1) is 6.69. The highest BCUT2D eigenvalue weighted by Crippen LogP contribution is 2.33. The molecule has 0 aromatic rings. The fourth-order valence-electron chi connectivity index (χ4n) is 0.774. The van der Waals surface area contributed by atoms with E-state index in [0.29, 0.717) is 0 Å². The summed E-state index contributed by atoms with van der Waals surface area (Å²) in [4.78, 5) is 1.19. The van der Waals surface area contributed by atoms with Gasteiger partial charge < -0.3 is 10.0 Å². The van der Waals surface area contributed by atoms with Gasteiger partial charge in [-0.2, -0.15) is 18.4 Å². The van der Waals surface area contributed by atoms with Gasteiger partial charge >= 0.3 is 6.18 Å². The Morgan fingerprint density at radius 1 is 1.53 bits per heavy atom. The van der Waals surface area contributed by atoms with Crippen LogP contribution in [0.2, 0.25) is 0 Å². The molecule has 0 heterocycles. The Morgan fingerprint density at radius 3 is 2.20 bits per heavy atom. The number of nitrogens with zero attached hydrogens (tertiary/aromatic N) is 2. The van der Waals surface area contributed by atoms with Crippen molar-refractivity contribution in [1.29, 1.82) is 5.26 Å². The van der Waals surface area contributed by atoms with Gasteiger partial charge in [0.05, 0.1) is 0 Å². The van der Waals surface area contributed by atoms with E-state index in [9.17, 15) is 18.3 Å². The Bertz CT molecular complexity index is 294. The van der Waals surface area contributed by atoms with Gasteiger partial charge in [-0.25, -0.2) is 5.43 Å². The van der Waals surface area contributed by atoms with Crippen molar-refractivity contribution in [2.75, 3.05) is 14.1 Å². The lowest BCUT2D eigenvalue weighted by Crippen LogP contribution is -2.61. The minimum atomic E-state index is -5.08. The number of hydrogen-bond donors (Lipinski definition) is 3. The number of halogens is 3. The van der Waals surface area contributed by atoms with E-state index in [1.807, 2.05) is 0 Å². The van der Waals surface area contributed by atoms with E-state index in [1.165, 1.54) is 30.5 Å². The van der Waals surface area contributed by atoms with Crippen molar-refractivity contribution in [3.8, 4) is 6.07 Å². The van der Waals surface area contributed by atoms with E-state index in [-0.39, 0.29) is 0 Å². The van der Waals surface area contributed by atoms with Gasteiger partial charge in [0.2, 0.25) is 0 Å². The lowest BCUT2D eigenvalue weighted by Gasteiger charge is -2.29. The number of hydrazine groups is 1. The summed E-state index contributed by atoms with van der Waals surface area (Å²) >= 11 is 0. The van der Waals surface area contributed by atoms with E-state index in [4.69, 9.17) is 5.26 Å². The number of nitrogens with two attached hydrogens (primary N) is 1. The molecule has 0 bridgehead atoms. The van der Waals surface area contributed by atoms with Gasteiger partial charge in [0.25, 0.3) is 5.72 Å². The molecule has 0 spiro atoms. The second-order valence-corrected chi connectivity index (χ2v) is 2.97. The highest BCUT2D eigenvalue weighted by atomic mass is 19.4. The molecule has 0 amide bonds. The van der Waals surface area contributed by atoms with Crippen LogP contribution in [0.1, 0.15) is 0 Å². The molecule has 0 rings (SSSR count). The topological polar surface area (TPSA) is 85.3 Å². The fourth-order valence-corrected chi connectivity index (χ4v) is 0.774. The third kappa shape index (κ3) is 2.82. The zero-order valence-electron chi connectivity index (χ0n) is 8.13. The standard InChI is InChI=1S/C7H11F3N4O/c1-14(2)4-5(3-11)6(15,13-12)7(8,9)10/h4,13,15H,12H2,1-2H3/b5-4+/t6-/m1/s1. The number of aliphatic hydroxyl groups is 1. The van der Waals surface area contributed by atoms with Gasteiger partial charge in [0.15, 0.2) is 0 Å². The Kier molecular flexibility index (Phi) is 4.09. The van der Waals surface area contributed by atoms with Gasteiger partial charge in [-0.1, -0.05) is 0 Å². The summed E-state index contributed by atoms with van der Waals surface area (Å²) < 4.78 is 37.2. The van der Waals surface area contributed by atoms with Crippen LogP contribution < -0.4 is 11.3 Å². The first-order valence-corrected chi connectivity index (χ1v) is 3.74. The predicted molar refractivity (Wildman–Crippen MR) is 45.7 cm³/mol. The third-order valence-electron chi connectivity index (χ3n) is 1.52. The van der Waals surface area contributed by atoms with Gasteiger partial charge in [-0.15, -0.1) is 0 Å². The highest BCUT2D eigenvalue weighted by molar-refractivity contribution is 5.31. The van der Waals surface area contributed by atoms with Gasteiger partial charge in [-0.05, 0) is 0 Å². The summed E-state index contributed by atoms with van der Waals surface area (Å²) in [6.45, 7) is 0. The molecule has 0 aliphatic carbocycles. The Hall–Kier alpha value is -1.30. The van der Waals surface area contributed by atoms with Crippen LogP contribution in [-0.2, 0) is 0 Å². The quantitative estimate of drug-likeness (QED) is 0.264. The second-order valence-electron chi connectivity index (χ2n) is 2.97. The molecule has 0 fully saturated rings. The first kappa shape index (κ1) is 13.7. The largest absolute Gasteiger partial charge is 0.437 e. The molecule has 0 saturated heterocycles. The zero-order chi connectivity index (χ0) is 12.3. The van der Waals surface area contributed by atoms with Crippen molar-refractivity contribution in [1.82, 2.24) is 10.3 Å². The summed E-state index contributed by atoms with van der Waals surface area (Å²) in [5.41, 5.74) is -3.29. The van der Waals surface area contributed by atoms with Gasteiger partial charge in [0, 0.05) is 20.3 Å². The molecule has 0 saturated carbocycles. The van der Waals surface area contributed by atoms with E-state index >= 15 is 0 Å². The van der Waals surface area contributed by atoms with Crippen LogP contribution in [0.15, 0.2) is 11.8 Å². The molecule has 8 heteroatoms. The average Bonchev–Trinajstić information content (AvgIpc) is 2.10. The lowest BCUT2D eigenvalue weighted by molar-refractivity contribution is -0.255. The molecule has 1 atom stereocenters. The summed E-state index contributed by atoms with van der Waals surface area (Å²) in [6, 6.07) is 1.24. The minimum Gasteiger partial charge on any atom is -0.383 e. The first-order valence-electron chi connectivity index (χ1n) is 3.74. The van der Waals surface area contributed by atoms with Crippen molar-refractivity contribution in [3.63, 3.8) is 0 Å². The molecule has 0 unspecified atom stereocenters. The minimum absolute atomic E-state index is 0.827. The fraction of sp³-hybridized carbons (Fsp3) is 0.571. The average molecular weight is 224 g/mol. The Balaban J connectivity index is 5.38. The number of alkyl halides is 3. The number of hydrogen-bond acceptors (Lipinski definition) is 5. The smallest absolute Gasteiger partial charge is 0.383 e. The summed E-state index contributed by atoms with van der Waals surface area (Å²) in [7, 11) is 2.81. The van der Waals surface area contributed by atoms with Crippen molar-refractivity contribution in [2.45, 2.75) is 11.9 Å². The molecule has 0 aliphatic rings. The van der Waals surface area contributed by atoms with Gasteiger partial charge in [-0.3, -0.25) is 5.84 Å². The van der Waals surface area contributed by atoms with E-state index in [2.05, 4.69) is 5.84 Å². The molecular formula is C7H11F3N4O. The Labute approximate surface area is 84.5 Å². The molecular weight excluding hydrogens is 213 g/mol.